The van der Waals surface area contributed by atoms with Gasteiger partial charge in [-0.2, -0.15) is 11.8 Å². The van der Waals surface area contributed by atoms with Crippen LogP contribution in [0.25, 0.3) is 0 Å². The molecule has 0 fully saturated rings. The minimum Gasteiger partial charge on any atom is -0.157 e. The Kier molecular flexibility index (Phi) is 32.7. The van der Waals surface area contributed by atoms with E-state index in [9.17, 15) is 0 Å². The molecule has 0 bridgehead atoms. The Morgan fingerprint density at radius 2 is 0.606 bits per heavy atom. The average molecular weight is 482 g/mol. The number of unbranched alkanes of at least 4 members (excludes halogenated alkanes) is 26. The number of hydrogen-bond donors (Lipinski definition) is 0. The van der Waals surface area contributed by atoms with Crippen LogP contribution in [0.3, 0.4) is 0 Å². The zero-order chi connectivity index (χ0) is 23.9. The van der Waals surface area contributed by atoms with Gasteiger partial charge < -0.3 is 0 Å². The largest absolute Gasteiger partial charge is 0.157 e. The summed E-state index contributed by atoms with van der Waals surface area (Å²) in [4.78, 5) is 0. The van der Waals surface area contributed by atoms with Gasteiger partial charge in [0.2, 0.25) is 0 Å². The molecule has 0 nitrogen and oxygen atoms in total. The van der Waals surface area contributed by atoms with E-state index in [1.165, 1.54) is 186 Å². The van der Waals surface area contributed by atoms with Crippen LogP contribution in [-0.4, -0.2) is 5.75 Å². The second kappa shape index (κ2) is 32.4. The molecule has 0 heterocycles. The molecule has 0 aromatic carbocycles. The van der Waals surface area contributed by atoms with Crippen LogP contribution >= 0.6 is 11.8 Å². The minimum atomic E-state index is 1.33. The molecule has 0 aliphatic heterocycles. The van der Waals surface area contributed by atoms with Crippen molar-refractivity contribution in [3.63, 3.8) is 0 Å². The van der Waals surface area contributed by atoms with Crippen molar-refractivity contribution >= 4 is 11.8 Å². The summed E-state index contributed by atoms with van der Waals surface area (Å²) in [5.41, 5.74) is 0. The number of hydrogen-bond acceptors (Lipinski definition) is 1. The Morgan fingerprint density at radius 1 is 0.333 bits per heavy atom. The first-order valence-corrected chi connectivity index (χ1v) is 16.9. The molecule has 33 heavy (non-hydrogen) atoms. The Hall–Kier alpha value is 0.350. The van der Waals surface area contributed by atoms with Gasteiger partial charge in [-0.15, -0.1) is 0 Å². The van der Waals surface area contributed by atoms with Crippen LogP contribution in [0, 0.1) is 5.75 Å². The lowest BCUT2D eigenvalue weighted by Crippen LogP contribution is -1.85. The maximum Gasteiger partial charge on any atom is 0.0166 e. The van der Waals surface area contributed by atoms with Crippen molar-refractivity contribution in [3.8, 4) is 0 Å². The van der Waals surface area contributed by atoms with Gasteiger partial charge in [0.25, 0.3) is 0 Å². The lowest BCUT2D eigenvalue weighted by molar-refractivity contribution is 0.532. The maximum absolute atomic E-state index is 2.50. The van der Waals surface area contributed by atoms with Crippen molar-refractivity contribution in [3.05, 3.63) is 5.75 Å². The fraction of sp³-hybridized carbons (Fsp3) is 0.969. The molecule has 0 amide bonds. The molecule has 0 aliphatic carbocycles. The molecule has 199 valence electrons. The van der Waals surface area contributed by atoms with E-state index < -0.39 is 0 Å². The molecule has 0 rings (SSSR count). The summed E-state index contributed by atoms with van der Waals surface area (Å²) in [6.45, 7) is 4.61. The van der Waals surface area contributed by atoms with Crippen LogP contribution in [0.1, 0.15) is 194 Å². The molecular formula is C32H65S. The fourth-order valence-corrected chi connectivity index (χ4v) is 5.66. The van der Waals surface area contributed by atoms with Gasteiger partial charge in [-0.3, -0.25) is 0 Å². The van der Waals surface area contributed by atoms with Gasteiger partial charge in [-0.1, -0.05) is 181 Å². The first kappa shape index (κ1) is 33.4. The summed E-state index contributed by atoms with van der Waals surface area (Å²) in [6, 6.07) is 0. The molecule has 0 aliphatic rings. The number of rotatable bonds is 30. The van der Waals surface area contributed by atoms with Crippen LogP contribution in [0.4, 0.5) is 0 Å². The van der Waals surface area contributed by atoms with Gasteiger partial charge in [0.15, 0.2) is 0 Å². The highest BCUT2D eigenvalue weighted by Gasteiger charge is 1.97. The third-order valence-electron chi connectivity index (χ3n) is 7.16. The molecule has 0 saturated heterocycles. The Morgan fingerprint density at radius 3 is 0.939 bits per heavy atom. The summed E-state index contributed by atoms with van der Waals surface area (Å²) < 4.78 is 0. The summed E-state index contributed by atoms with van der Waals surface area (Å²) in [7, 11) is 0. The predicted octanol–water partition coefficient (Wildman–Crippen LogP) is 12.8. The van der Waals surface area contributed by atoms with Crippen LogP contribution in [0.5, 0.6) is 0 Å². The monoisotopic (exact) mass is 481 g/mol. The highest BCUT2D eigenvalue weighted by molar-refractivity contribution is 8.01. The first-order valence-electron chi connectivity index (χ1n) is 15.8. The van der Waals surface area contributed by atoms with Crippen LogP contribution < -0.4 is 0 Å². The zero-order valence-electron chi connectivity index (χ0n) is 23.5. The van der Waals surface area contributed by atoms with E-state index in [1.54, 1.807) is 0 Å². The average Bonchev–Trinajstić information content (AvgIpc) is 2.83. The highest BCUT2D eigenvalue weighted by atomic mass is 32.2. The molecule has 1 radical (unpaired) electrons. The molecule has 0 spiro atoms. The van der Waals surface area contributed by atoms with Crippen LogP contribution in [0.15, 0.2) is 0 Å². The smallest absolute Gasteiger partial charge is 0.0166 e. The SMILES string of the molecule is CCCCCCCCCCCCCCCCC[CH]SCCCCCCCCCCCCCC. The molecule has 1 heteroatoms. The lowest BCUT2D eigenvalue weighted by atomic mass is 10.0. The summed E-state index contributed by atoms with van der Waals surface area (Å²) in [6.07, 6.45) is 40.8. The van der Waals surface area contributed by atoms with Crippen LogP contribution in [-0.2, 0) is 0 Å². The van der Waals surface area contributed by atoms with E-state index in [4.69, 9.17) is 0 Å². The van der Waals surface area contributed by atoms with Gasteiger partial charge in [0.1, 0.15) is 0 Å². The van der Waals surface area contributed by atoms with Gasteiger partial charge in [-0.05, 0) is 18.6 Å². The van der Waals surface area contributed by atoms with Crippen molar-refractivity contribution in [2.45, 2.75) is 194 Å². The second-order valence-electron chi connectivity index (χ2n) is 10.7. The predicted molar refractivity (Wildman–Crippen MR) is 157 cm³/mol. The van der Waals surface area contributed by atoms with Crippen molar-refractivity contribution in [1.29, 1.82) is 0 Å². The Labute approximate surface area is 216 Å². The molecule has 0 N–H and O–H groups in total. The summed E-state index contributed by atoms with van der Waals surface area (Å²) in [5, 5.41) is 0. The van der Waals surface area contributed by atoms with E-state index in [0.29, 0.717) is 0 Å². The van der Waals surface area contributed by atoms with E-state index in [-0.39, 0.29) is 0 Å². The van der Waals surface area contributed by atoms with Crippen molar-refractivity contribution < 1.29 is 0 Å². The summed E-state index contributed by atoms with van der Waals surface area (Å²) in [5.74, 6) is 3.86. The molecule has 0 aromatic heterocycles. The highest BCUT2D eigenvalue weighted by Crippen LogP contribution is 2.18. The normalized spacial score (nSPS) is 11.5. The van der Waals surface area contributed by atoms with E-state index in [2.05, 4.69) is 31.4 Å². The maximum atomic E-state index is 2.50. The van der Waals surface area contributed by atoms with Gasteiger partial charge in [-0.25, -0.2) is 0 Å². The summed E-state index contributed by atoms with van der Waals surface area (Å²) >= 11 is 2.10. The van der Waals surface area contributed by atoms with Crippen molar-refractivity contribution in [2.75, 3.05) is 5.75 Å². The third-order valence-corrected chi connectivity index (χ3v) is 8.15. The first-order chi connectivity index (χ1) is 16.4. The van der Waals surface area contributed by atoms with E-state index >= 15 is 0 Å². The van der Waals surface area contributed by atoms with Gasteiger partial charge in [0, 0.05) is 5.75 Å². The van der Waals surface area contributed by atoms with E-state index in [1.807, 2.05) is 0 Å². The zero-order valence-corrected chi connectivity index (χ0v) is 24.3. The molecular weight excluding hydrogens is 416 g/mol. The van der Waals surface area contributed by atoms with Gasteiger partial charge in [0.05, 0.1) is 0 Å². The quantitative estimate of drug-likeness (QED) is 0.0919. The molecule has 0 saturated carbocycles. The van der Waals surface area contributed by atoms with E-state index in [0.717, 1.165) is 0 Å². The van der Waals surface area contributed by atoms with Crippen LogP contribution in [0.2, 0.25) is 0 Å². The van der Waals surface area contributed by atoms with Crippen molar-refractivity contribution in [2.24, 2.45) is 0 Å². The molecule has 0 unspecified atom stereocenters. The van der Waals surface area contributed by atoms with Gasteiger partial charge >= 0.3 is 0 Å². The third kappa shape index (κ3) is 32.4. The lowest BCUT2D eigenvalue weighted by Gasteiger charge is -2.04. The molecule has 0 atom stereocenters. The Balaban J connectivity index is 2.99. The van der Waals surface area contributed by atoms with Crippen molar-refractivity contribution in [1.82, 2.24) is 0 Å². The number of thioether (sulfide) groups is 1. The molecule has 0 aromatic rings. The minimum absolute atomic E-state index is 1.33. The Bertz CT molecular complexity index is 284. The second-order valence-corrected chi connectivity index (χ2v) is 11.7. The topological polar surface area (TPSA) is 0 Å². The fourth-order valence-electron chi connectivity index (χ4n) is 4.79. The standard InChI is InChI=1S/C32H65S/c1-3-5-7-9-11-13-15-17-18-19-20-22-24-26-28-30-32-33-31-29-27-25-23-21-16-14-12-10-8-6-4-2/h32H,3-31H2,1-2H3.